The molecule has 1 atom stereocenters. The van der Waals surface area contributed by atoms with E-state index in [9.17, 15) is 4.79 Å². The number of rotatable bonds is 3. The van der Waals surface area contributed by atoms with Crippen molar-refractivity contribution in [3.63, 3.8) is 0 Å². The topological polar surface area (TPSA) is 40.5 Å². The maximum absolute atomic E-state index is 11.0. The summed E-state index contributed by atoms with van der Waals surface area (Å²) in [5.41, 5.74) is 0. The molecule has 1 aliphatic rings. The van der Waals surface area contributed by atoms with Gasteiger partial charge in [0.05, 0.1) is 0 Å². The first kappa shape index (κ1) is 10.9. The van der Waals surface area contributed by atoms with Gasteiger partial charge in [0.1, 0.15) is 6.04 Å². The summed E-state index contributed by atoms with van der Waals surface area (Å²) in [5.74, 6) is 1.65. The van der Waals surface area contributed by atoms with Crippen molar-refractivity contribution in [3.8, 4) is 0 Å². The maximum atomic E-state index is 11.0. The second-order valence-corrected chi connectivity index (χ2v) is 4.90. The van der Waals surface area contributed by atoms with Crippen molar-refractivity contribution in [2.75, 3.05) is 24.6 Å². The van der Waals surface area contributed by atoms with Crippen molar-refractivity contribution in [1.82, 2.24) is 4.90 Å². The van der Waals surface area contributed by atoms with Gasteiger partial charge in [0.2, 0.25) is 0 Å². The number of aliphatic carboxylic acids is 1. The Morgan fingerprint density at radius 3 is 2.31 bits per heavy atom. The van der Waals surface area contributed by atoms with Crippen LogP contribution in [0.1, 0.15) is 13.8 Å². The van der Waals surface area contributed by atoms with E-state index in [4.69, 9.17) is 5.11 Å². The summed E-state index contributed by atoms with van der Waals surface area (Å²) in [6.07, 6.45) is 0. The van der Waals surface area contributed by atoms with Crippen LogP contribution in [0.5, 0.6) is 0 Å². The van der Waals surface area contributed by atoms with E-state index < -0.39 is 5.97 Å². The number of carbonyl (C=O) groups is 1. The molecular formula is C9H17NO2S. The third-order valence-electron chi connectivity index (χ3n) is 2.32. The largest absolute Gasteiger partial charge is 0.480 e. The van der Waals surface area contributed by atoms with E-state index in [2.05, 4.69) is 4.90 Å². The molecule has 1 saturated heterocycles. The number of carboxylic acid groups (broad SMARTS) is 1. The molecule has 0 bridgehead atoms. The fourth-order valence-electron chi connectivity index (χ4n) is 1.72. The van der Waals surface area contributed by atoms with Crippen LogP contribution in [0.3, 0.4) is 0 Å². The van der Waals surface area contributed by atoms with Crippen LogP contribution < -0.4 is 0 Å². The highest BCUT2D eigenvalue weighted by Gasteiger charge is 2.29. The second-order valence-electron chi connectivity index (χ2n) is 3.68. The van der Waals surface area contributed by atoms with Crippen LogP contribution in [0.25, 0.3) is 0 Å². The Morgan fingerprint density at radius 2 is 1.92 bits per heavy atom. The van der Waals surface area contributed by atoms with Gasteiger partial charge >= 0.3 is 5.97 Å². The van der Waals surface area contributed by atoms with Crippen molar-refractivity contribution >= 4 is 17.7 Å². The van der Waals surface area contributed by atoms with Crippen LogP contribution in [0.4, 0.5) is 0 Å². The number of carboxylic acids is 1. The molecule has 0 radical (unpaired) electrons. The lowest BCUT2D eigenvalue weighted by atomic mass is 10.0. The number of thioether (sulfide) groups is 1. The summed E-state index contributed by atoms with van der Waals surface area (Å²) in [6, 6.07) is -0.291. The van der Waals surface area contributed by atoms with E-state index in [-0.39, 0.29) is 12.0 Å². The van der Waals surface area contributed by atoms with Crippen LogP contribution in [-0.2, 0) is 4.79 Å². The monoisotopic (exact) mass is 203 g/mol. The fraction of sp³-hybridized carbons (Fsp3) is 0.889. The summed E-state index contributed by atoms with van der Waals surface area (Å²) >= 11 is 1.90. The molecule has 1 fully saturated rings. The van der Waals surface area contributed by atoms with Gasteiger partial charge in [-0.15, -0.1) is 0 Å². The standard InChI is InChI=1S/C9H17NO2S/c1-7(2)8(9(11)12)10-3-5-13-6-4-10/h7-8H,3-6H2,1-2H3,(H,11,12). The van der Waals surface area contributed by atoms with Gasteiger partial charge in [0, 0.05) is 24.6 Å². The molecule has 1 rings (SSSR count). The van der Waals surface area contributed by atoms with Crippen LogP contribution >= 0.6 is 11.8 Å². The Kier molecular flexibility index (Phi) is 4.06. The van der Waals surface area contributed by atoms with Crippen LogP contribution in [0, 0.1) is 5.92 Å². The second kappa shape index (κ2) is 4.86. The van der Waals surface area contributed by atoms with Crippen LogP contribution in [-0.4, -0.2) is 46.6 Å². The van der Waals surface area contributed by atoms with Crippen molar-refractivity contribution in [1.29, 1.82) is 0 Å². The Balaban J connectivity index is 2.57. The third-order valence-corrected chi connectivity index (χ3v) is 3.27. The summed E-state index contributed by atoms with van der Waals surface area (Å²) in [7, 11) is 0. The zero-order chi connectivity index (χ0) is 9.84. The molecule has 0 aliphatic carbocycles. The molecule has 1 heterocycles. The van der Waals surface area contributed by atoms with Crippen molar-refractivity contribution in [2.45, 2.75) is 19.9 Å². The van der Waals surface area contributed by atoms with Crippen molar-refractivity contribution < 1.29 is 9.90 Å². The highest BCUT2D eigenvalue weighted by Crippen LogP contribution is 2.17. The van der Waals surface area contributed by atoms with E-state index in [0.717, 1.165) is 24.6 Å². The Labute approximate surface area is 83.5 Å². The Morgan fingerprint density at radius 1 is 1.38 bits per heavy atom. The molecule has 76 valence electrons. The molecule has 4 heteroatoms. The molecule has 0 saturated carbocycles. The summed E-state index contributed by atoms with van der Waals surface area (Å²) < 4.78 is 0. The normalized spacial score (nSPS) is 21.8. The minimum Gasteiger partial charge on any atom is -0.480 e. The molecule has 0 aromatic carbocycles. The summed E-state index contributed by atoms with van der Waals surface area (Å²) in [5, 5.41) is 9.05. The van der Waals surface area contributed by atoms with Gasteiger partial charge in [-0.3, -0.25) is 9.69 Å². The Hall–Kier alpha value is -0.220. The van der Waals surface area contributed by atoms with Gasteiger partial charge in [-0.1, -0.05) is 13.8 Å². The molecule has 1 unspecified atom stereocenters. The molecule has 3 nitrogen and oxygen atoms in total. The third kappa shape index (κ3) is 2.88. The first-order chi connectivity index (χ1) is 6.13. The average Bonchev–Trinajstić information content (AvgIpc) is 2.04. The maximum Gasteiger partial charge on any atom is 0.321 e. The molecule has 0 aromatic heterocycles. The highest BCUT2D eigenvalue weighted by atomic mass is 32.2. The summed E-state index contributed by atoms with van der Waals surface area (Å²) in [4.78, 5) is 13.1. The first-order valence-electron chi connectivity index (χ1n) is 4.67. The van der Waals surface area contributed by atoms with Crippen molar-refractivity contribution in [2.24, 2.45) is 5.92 Å². The van der Waals surface area contributed by atoms with E-state index in [0.29, 0.717) is 0 Å². The number of nitrogens with zero attached hydrogens (tertiary/aromatic N) is 1. The average molecular weight is 203 g/mol. The van der Waals surface area contributed by atoms with Gasteiger partial charge in [-0.2, -0.15) is 11.8 Å². The summed E-state index contributed by atoms with van der Waals surface area (Å²) in [6.45, 7) is 5.78. The lowest BCUT2D eigenvalue weighted by Crippen LogP contribution is -2.48. The SMILES string of the molecule is CC(C)C(C(=O)O)N1CCSCC1. The predicted octanol–water partition coefficient (Wildman–Crippen LogP) is 1.14. The lowest BCUT2D eigenvalue weighted by Gasteiger charge is -2.33. The molecule has 1 N–H and O–H groups in total. The Bertz CT molecular complexity index is 178. The van der Waals surface area contributed by atoms with Gasteiger partial charge in [0.15, 0.2) is 0 Å². The van der Waals surface area contributed by atoms with Gasteiger partial charge in [0.25, 0.3) is 0 Å². The van der Waals surface area contributed by atoms with E-state index >= 15 is 0 Å². The minimum atomic E-state index is -0.679. The number of hydrogen-bond donors (Lipinski definition) is 1. The fourth-order valence-corrected chi connectivity index (χ4v) is 2.65. The molecule has 1 aliphatic heterocycles. The van der Waals surface area contributed by atoms with Gasteiger partial charge in [-0.05, 0) is 5.92 Å². The number of hydrogen-bond acceptors (Lipinski definition) is 3. The minimum absolute atomic E-state index is 0.195. The van der Waals surface area contributed by atoms with Gasteiger partial charge in [-0.25, -0.2) is 0 Å². The smallest absolute Gasteiger partial charge is 0.321 e. The highest BCUT2D eigenvalue weighted by molar-refractivity contribution is 7.99. The molecule has 0 amide bonds. The predicted molar refractivity (Wildman–Crippen MR) is 55.2 cm³/mol. The first-order valence-corrected chi connectivity index (χ1v) is 5.83. The van der Waals surface area contributed by atoms with Crippen LogP contribution in [0.15, 0.2) is 0 Å². The van der Waals surface area contributed by atoms with Gasteiger partial charge < -0.3 is 5.11 Å². The molecule has 13 heavy (non-hydrogen) atoms. The van der Waals surface area contributed by atoms with E-state index in [1.54, 1.807) is 0 Å². The zero-order valence-electron chi connectivity index (χ0n) is 8.19. The van der Waals surface area contributed by atoms with Crippen molar-refractivity contribution in [3.05, 3.63) is 0 Å². The van der Waals surface area contributed by atoms with E-state index in [1.165, 1.54) is 0 Å². The lowest BCUT2D eigenvalue weighted by molar-refractivity contribution is -0.144. The molecule has 0 spiro atoms. The zero-order valence-corrected chi connectivity index (χ0v) is 9.01. The van der Waals surface area contributed by atoms with Crippen LogP contribution in [0.2, 0.25) is 0 Å². The van der Waals surface area contributed by atoms with E-state index in [1.807, 2.05) is 25.6 Å². The molecule has 0 aromatic rings. The molecular weight excluding hydrogens is 186 g/mol. The quantitative estimate of drug-likeness (QED) is 0.747.